The Labute approximate surface area is 244 Å². The number of hydrogen-bond acceptors (Lipinski definition) is 8. The number of ether oxygens (including phenoxy) is 2. The van der Waals surface area contributed by atoms with Gasteiger partial charge in [0.15, 0.2) is 0 Å². The number of aliphatic carboxylic acids is 1. The van der Waals surface area contributed by atoms with Crippen LogP contribution < -0.4 is 21.7 Å². The van der Waals surface area contributed by atoms with Crippen molar-refractivity contribution in [1.82, 2.24) is 25.4 Å². The standard InChI is InChI=1S/C28H42N6O8/c1-19(28(39)40)33(3)26(37)9-12-41-14-15-42-13-10-31-27(38)22(17-24(29)35)32-25(36)8-11-34-21(18-30-2)16-20-6-4-5-7-23(20)34/h4-7,16,19,22,30H,8-15,17-18H2,1-3H3,(H2,29,35)(H,31,38)(H,32,36)(H,39,40)/t19-,22-/m0/s1. The lowest BCUT2D eigenvalue weighted by atomic mass is 10.1. The van der Waals surface area contributed by atoms with Crippen LogP contribution in [-0.2, 0) is 46.5 Å². The molecule has 0 unspecified atom stereocenters. The first-order valence-electron chi connectivity index (χ1n) is 13.8. The van der Waals surface area contributed by atoms with Crippen molar-refractivity contribution < 1.29 is 38.6 Å². The second-order valence-electron chi connectivity index (χ2n) is 9.70. The number of carbonyl (C=O) groups is 5. The molecule has 14 heteroatoms. The van der Waals surface area contributed by atoms with Gasteiger partial charge in [-0.05, 0) is 31.5 Å². The van der Waals surface area contributed by atoms with Crippen molar-refractivity contribution in [2.75, 3.05) is 47.1 Å². The predicted octanol–water partition coefficient (Wildman–Crippen LogP) is -0.418. The maximum Gasteiger partial charge on any atom is 0.326 e. The highest BCUT2D eigenvalue weighted by Crippen LogP contribution is 2.20. The molecular formula is C28H42N6O8. The van der Waals surface area contributed by atoms with Crippen LogP contribution >= 0.6 is 0 Å². The van der Waals surface area contributed by atoms with E-state index in [-0.39, 0.29) is 64.0 Å². The first-order valence-corrected chi connectivity index (χ1v) is 13.8. The van der Waals surface area contributed by atoms with Crippen LogP contribution in [-0.4, -0.2) is 103 Å². The summed E-state index contributed by atoms with van der Waals surface area (Å²) in [4.78, 5) is 60.9. The number of para-hydroxylation sites is 1. The first-order chi connectivity index (χ1) is 20.0. The number of carboxylic acid groups (broad SMARTS) is 1. The Balaban J connectivity index is 1.71. The van der Waals surface area contributed by atoms with Crippen molar-refractivity contribution in [3.63, 3.8) is 0 Å². The summed E-state index contributed by atoms with van der Waals surface area (Å²) in [6, 6.07) is 7.89. The minimum atomic E-state index is -1.11. The van der Waals surface area contributed by atoms with E-state index in [4.69, 9.17) is 20.3 Å². The quantitative estimate of drug-likeness (QED) is 0.127. The minimum Gasteiger partial charge on any atom is -0.480 e. The molecule has 1 heterocycles. The van der Waals surface area contributed by atoms with Gasteiger partial charge < -0.3 is 45.7 Å². The fraction of sp³-hybridized carbons (Fsp3) is 0.536. The minimum absolute atomic E-state index is 0.0380. The van der Waals surface area contributed by atoms with Gasteiger partial charge in [0.2, 0.25) is 23.6 Å². The molecule has 0 fully saturated rings. The molecule has 0 spiro atoms. The molecule has 0 aliphatic heterocycles. The summed E-state index contributed by atoms with van der Waals surface area (Å²) < 4.78 is 12.8. The monoisotopic (exact) mass is 590 g/mol. The Hall–Kier alpha value is -4.01. The van der Waals surface area contributed by atoms with Crippen molar-refractivity contribution >= 4 is 40.5 Å². The molecule has 42 heavy (non-hydrogen) atoms. The van der Waals surface area contributed by atoms with Crippen molar-refractivity contribution in [1.29, 1.82) is 0 Å². The van der Waals surface area contributed by atoms with Gasteiger partial charge in [0.25, 0.3) is 0 Å². The van der Waals surface area contributed by atoms with Gasteiger partial charge >= 0.3 is 5.97 Å². The number of rotatable bonds is 20. The summed E-state index contributed by atoms with van der Waals surface area (Å²) in [5.74, 6) is -3.10. The number of carboxylic acids is 1. The second-order valence-corrected chi connectivity index (χ2v) is 9.70. The number of likely N-dealkylation sites (N-methyl/N-ethyl adjacent to an activating group) is 1. The van der Waals surface area contributed by atoms with Gasteiger partial charge in [-0.2, -0.15) is 0 Å². The fourth-order valence-electron chi connectivity index (χ4n) is 4.16. The van der Waals surface area contributed by atoms with E-state index < -0.39 is 29.9 Å². The van der Waals surface area contributed by atoms with Crippen LogP contribution in [0.4, 0.5) is 0 Å². The topological polar surface area (TPSA) is 194 Å². The van der Waals surface area contributed by atoms with Crippen molar-refractivity contribution in [3.8, 4) is 0 Å². The van der Waals surface area contributed by atoms with E-state index in [2.05, 4.69) is 22.0 Å². The van der Waals surface area contributed by atoms with Gasteiger partial charge in [0.1, 0.15) is 12.1 Å². The van der Waals surface area contributed by atoms with Crippen LogP contribution in [0.3, 0.4) is 0 Å². The summed E-state index contributed by atoms with van der Waals surface area (Å²) in [6.07, 6.45) is -0.208. The van der Waals surface area contributed by atoms with Crippen LogP contribution in [0, 0.1) is 0 Å². The van der Waals surface area contributed by atoms with Crippen molar-refractivity contribution in [3.05, 3.63) is 36.0 Å². The lowest BCUT2D eigenvalue weighted by Gasteiger charge is -2.21. The summed E-state index contributed by atoms with van der Waals surface area (Å²) in [5.41, 5.74) is 7.32. The number of aryl methyl sites for hydroxylation is 1. The summed E-state index contributed by atoms with van der Waals surface area (Å²) in [5, 5.41) is 18.4. The highest BCUT2D eigenvalue weighted by molar-refractivity contribution is 5.91. The lowest BCUT2D eigenvalue weighted by Crippen LogP contribution is -2.49. The molecule has 232 valence electrons. The number of fused-ring (bicyclic) bond motifs is 1. The zero-order valence-electron chi connectivity index (χ0n) is 24.4. The van der Waals surface area contributed by atoms with E-state index >= 15 is 0 Å². The molecule has 0 saturated heterocycles. The van der Waals surface area contributed by atoms with Crippen LogP contribution in [0.2, 0.25) is 0 Å². The summed E-state index contributed by atoms with van der Waals surface area (Å²) in [6.45, 7) is 3.24. The molecule has 2 atom stereocenters. The van der Waals surface area contributed by atoms with E-state index in [9.17, 15) is 24.0 Å². The summed E-state index contributed by atoms with van der Waals surface area (Å²) >= 11 is 0. The van der Waals surface area contributed by atoms with E-state index in [0.29, 0.717) is 13.1 Å². The molecule has 2 aromatic rings. The van der Waals surface area contributed by atoms with Gasteiger partial charge in [-0.1, -0.05) is 18.2 Å². The molecule has 1 aromatic carbocycles. The molecule has 2 rings (SSSR count). The maximum atomic E-state index is 12.7. The molecule has 4 amide bonds. The highest BCUT2D eigenvalue weighted by Gasteiger charge is 2.23. The number of carbonyl (C=O) groups excluding carboxylic acids is 4. The molecule has 0 aliphatic rings. The van der Waals surface area contributed by atoms with Crippen LogP contribution in [0.15, 0.2) is 30.3 Å². The molecular weight excluding hydrogens is 548 g/mol. The van der Waals surface area contributed by atoms with E-state index in [1.165, 1.54) is 14.0 Å². The zero-order chi connectivity index (χ0) is 31.1. The smallest absolute Gasteiger partial charge is 0.326 e. The fourth-order valence-corrected chi connectivity index (χ4v) is 4.16. The molecule has 0 radical (unpaired) electrons. The number of hydrogen-bond donors (Lipinski definition) is 5. The number of nitrogens with two attached hydrogens (primary N) is 1. The Kier molecular flexibility index (Phi) is 14.4. The lowest BCUT2D eigenvalue weighted by molar-refractivity contribution is -0.148. The molecule has 6 N–H and O–H groups in total. The zero-order valence-corrected chi connectivity index (χ0v) is 24.4. The Morgan fingerprint density at radius 3 is 2.40 bits per heavy atom. The SMILES string of the molecule is CNCc1cc2ccccc2n1CCC(=O)N[C@@H](CC(N)=O)C(=O)NCCOCCOCCC(=O)N(C)[C@@H](C)C(=O)O. The van der Waals surface area contributed by atoms with Gasteiger partial charge in [-0.3, -0.25) is 19.2 Å². The molecule has 14 nitrogen and oxygen atoms in total. The second kappa shape index (κ2) is 17.7. The number of aromatic nitrogens is 1. The van der Waals surface area contributed by atoms with Crippen LogP contribution in [0.5, 0.6) is 0 Å². The molecule has 0 aliphatic carbocycles. The third-order valence-electron chi connectivity index (χ3n) is 6.58. The highest BCUT2D eigenvalue weighted by atomic mass is 16.5. The Bertz CT molecular complexity index is 1220. The number of nitrogens with one attached hydrogen (secondary N) is 3. The normalized spacial score (nSPS) is 12.5. The van der Waals surface area contributed by atoms with Gasteiger partial charge in [0, 0.05) is 44.3 Å². The Morgan fingerprint density at radius 2 is 1.74 bits per heavy atom. The summed E-state index contributed by atoms with van der Waals surface area (Å²) in [7, 11) is 3.27. The van der Waals surface area contributed by atoms with E-state index in [1.807, 2.05) is 35.9 Å². The first kappa shape index (κ1) is 34.2. The number of amides is 4. The van der Waals surface area contributed by atoms with Crippen molar-refractivity contribution in [2.24, 2.45) is 5.73 Å². The third kappa shape index (κ3) is 11.1. The number of primary amides is 1. The van der Waals surface area contributed by atoms with E-state index in [1.54, 1.807) is 0 Å². The number of nitrogens with zero attached hydrogens (tertiary/aromatic N) is 2. The van der Waals surface area contributed by atoms with Gasteiger partial charge in [-0.25, -0.2) is 4.79 Å². The van der Waals surface area contributed by atoms with Gasteiger partial charge in [0.05, 0.1) is 39.3 Å². The van der Waals surface area contributed by atoms with E-state index in [0.717, 1.165) is 21.5 Å². The average Bonchev–Trinajstić information content (AvgIpc) is 3.30. The largest absolute Gasteiger partial charge is 0.480 e. The molecule has 0 bridgehead atoms. The maximum absolute atomic E-state index is 12.7. The molecule has 0 saturated carbocycles. The van der Waals surface area contributed by atoms with Crippen LogP contribution in [0.1, 0.15) is 31.9 Å². The average molecular weight is 591 g/mol. The molecule has 1 aromatic heterocycles. The van der Waals surface area contributed by atoms with Crippen molar-refractivity contribution in [2.45, 2.75) is 51.4 Å². The Morgan fingerprint density at radius 1 is 1.05 bits per heavy atom. The third-order valence-corrected chi connectivity index (χ3v) is 6.58. The predicted molar refractivity (Wildman–Crippen MR) is 154 cm³/mol. The van der Waals surface area contributed by atoms with Gasteiger partial charge in [-0.15, -0.1) is 0 Å². The number of benzene rings is 1. The van der Waals surface area contributed by atoms with Crippen LogP contribution in [0.25, 0.3) is 10.9 Å².